The van der Waals surface area contributed by atoms with E-state index in [0.717, 1.165) is 34.9 Å². The van der Waals surface area contributed by atoms with Crippen LogP contribution < -0.4 is 4.74 Å². The first kappa shape index (κ1) is 17.8. The Morgan fingerprint density at radius 2 is 1.59 bits per heavy atom. The highest BCUT2D eigenvalue weighted by atomic mass is 16.5. The van der Waals surface area contributed by atoms with Gasteiger partial charge in [-0.05, 0) is 48.2 Å². The molecular weight excluding hydrogens is 340 g/mol. The van der Waals surface area contributed by atoms with E-state index in [1.165, 1.54) is 0 Å². The standard InChI is InChI=1S/C22H26N2O3/c1-15(17-5-6-19-14-20(27-2)8-7-18(19)13-17)21(25)23-9-11-24(12-10-23)22(26)16-3-4-16/h5-8,13-16H,3-4,9-12H2,1-2H3/t15-/m1/s1. The number of benzene rings is 2. The lowest BCUT2D eigenvalue weighted by Crippen LogP contribution is -2.51. The quantitative estimate of drug-likeness (QED) is 0.836. The maximum absolute atomic E-state index is 13.0. The van der Waals surface area contributed by atoms with E-state index in [1.54, 1.807) is 7.11 Å². The maximum atomic E-state index is 13.0. The third-order valence-electron chi connectivity index (χ3n) is 5.77. The van der Waals surface area contributed by atoms with E-state index in [2.05, 4.69) is 6.07 Å². The second-order valence-corrected chi connectivity index (χ2v) is 7.62. The van der Waals surface area contributed by atoms with E-state index in [4.69, 9.17) is 4.74 Å². The van der Waals surface area contributed by atoms with Gasteiger partial charge in [-0.3, -0.25) is 9.59 Å². The number of carbonyl (C=O) groups is 2. The summed E-state index contributed by atoms with van der Waals surface area (Å²) in [5.74, 6) is 1.31. The zero-order valence-corrected chi connectivity index (χ0v) is 16.0. The molecule has 0 N–H and O–H groups in total. The van der Waals surface area contributed by atoms with Gasteiger partial charge in [0.25, 0.3) is 0 Å². The summed E-state index contributed by atoms with van der Waals surface area (Å²) >= 11 is 0. The molecule has 2 aliphatic rings. The Morgan fingerprint density at radius 1 is 0.963 bits per heavy atom. The normalized spacial score (nSPS) is 18.4. The first-order chi connectivity index (χ1) is 13.1. The topological polar surface area (TPSA) is 49.9 Å². The molecule has 1 aliphatic carbocycles. The molecule has 0 spiro atoms. The zero-order chi connectivity index (χ0) is 19.0. The van der Waals surface area contributed by atoms with Crippen LogP contribution in [0.25, 0.3) is 10.8 Å². The molecule has 2 aromatic rings. The van der Waals surface area contributed by atoms with Crippen molar-refractivity contribution in [3.63, 3.8) is 0 Å². The predicted octanol–water partition coefficient (Wildman–Crippen LogP) is 3.03. The van der Waals surface area contributed by atoms with Gasteiger partial charge in [0, 0.05) is 32.1 Å². The minimum absolute atomic E-state index is 0.140. The number of piperazine rings is 1. The van der Waals surface area contributed by atoms with E-state index in [9.17, 15) is 9.59 Å². The van der Waals surface area contributed by atoms with Crippen molar-refractivity contribution in [2.45, 2.75) is 25.7 Å². The summed E-state index contributed by atoms with van der Waals surface area (Å²) in [6.07, 6.45) is 2.06. The largest absolute Gasteiger partial charge is 0.497 e. The molecule has 1 aliphatic heterocycles. The van der Waals surface area contributed by atoms with Gasteiger partial charge in [0.1, 0.15) is 5.75 Å². The molecule has 0 aromatic heterocycles. The number of hydrogen-bond acceptors (Lipinski definition) is 3. The summed E-state index contributed by atoms with van der Waals surface area (Å²) in [6, 6.07) is 12.1. The smallest absolute Gasteiger partial charge is 0.229 e. The molecule has 1 saturated carbocycles. The minimum Gasteiger partial charge on any atom is -0.497 e. The average molecular weight is 366 g/mol. The zero-order valence-electron chi connectivity index (χ0n) is 16.0. The highest BCUT2D eigenvalue weighted by molar-refractivity contribution is 5.88. The molecule has 27 heavy (non-hydrogen) atoms. The van der Waals surface area contributed by atoms with Crippen LogP contribution in [0.2, 0.25) is 0 Å². The Labute approximate surface area is 159 Å². The lowest BCUT2D eigenvalue weighted by molar-refractivity contribution is -0.140. The molecule has 0 bridgehead atoms. The molecule has 1 heterocycles. The van der Waals surface area contributed by atoms with Gasteiger partial charge >= 0.3 is 0 Å². The van der Waals surface area contributed by atoms with Crippen molar-refractivity contribution in [2.24, 2.45) is 5.92 Å². The number of fused-ring (bicyclic) bond motifs is 1. The van der Waals surface area contributed by atoms with Gasteiger partial charge in [-0.25, -0.2) is 0 Å². The number of hydrogen-bond donors (Lipinski definition) is 0. The molecule has 142 valence electrons. The fourth-order valence-corrected chi connectivity index (χ4v) is 3.79. The molecule has 4 rings (SSSR count). The van der Waals surface area contributed by atoms with Crippen molar-refractivity contribution in [1.29, 1.82) is 0 Å². The van der Waals surface area contributed by atoms with Crippen LogP contribution in [0.15, 0.2) is 36.4 Å². The first-order valence-corrected chi connectivity index (χ1v) is 9.72. The Kier molecular flexibility index (Phi) is 4.77. The fourth-order valence-electron chi connectivity index (χ4n) is 3.79. The van der Waals surface area contributed by atoms with E-state index < -0.39 is 0 Å². The van der Waals surface area contributed by atoms with Crippen molar-refractivity contribution < 1.29 is 14.3 Å². The summed E-state index contributed by atoms with van der Waals surface area (Å²) in [5, 5.41) is 2.21. The van der Waals surface area contributed by atoms with Crippen molar-refractivity contribution in [1.82, 2.24) is 9.80 Å². The van der Waals surface area contributed by atoms with Crippen LogP contribution in [0.5, 0.6) is 5.75 Å². The van der Waals surface area contributed by atoms with Crippen LogP contribution in [-0.2, 0) is 9.59 Å². The van der Waals surface area contributed by atoms with E-state index in [1.807, 2.05) is 47.1 Å². The summed E-state index contributed by atoms with van der Waals surface area (Å²) in [4.78, 5) is 29.0. The Bertz CT molecular complexity index is 867. The van der Waals surface area contributed by atoms with Gasteiger partial charge in [-0.2, -0.15) is 0 Å². The molecule has 0 unspecified atom stereocenters. The van der Waals surface area contributed by atoms with Crippen LogP contribution in [0, 0.1) is 5.92 Å². The summed E-state index contributed by atoms with van der Waals surface area (Å²) in [5.41, 5.74) is 1.02. The number of nitrogens with zero attached hydrogens (tertiary/aromatic N) is 2. The van der Waals surface area contributed by atoms with Crippen LogP contribution in [0.1, 0.15) is 31.2 Å². The van der Waals surface area contributed by atoms with Crippen molar-refractivity contribution in [3.8, 4) is 5.75 Å². The molecule has 5 nitrogen and oxygen atoms in total. The molecule has 1 saturated heterocycles. The van der Waals surface area contributed by atoms with Gasteiger partial charge < -0.3 is 14.5 Å². The second kappa shape index (κ2) is 7.22. The summed E-state index contributed by atoms with van der Waals surface area (Å²) in [6.45, 7) is 4.55. The van der Waals surface area contributed by atoms with E-state index in [-0.39, 0.29) is 23.7 Å². The Morgan fingerprint density at radius 3 is 2.26 bits per heavy atom. The van der Waals surface area contributed by atoms with E-state index in [0.29, 0.717) is 26.2 Å². The number of rotatable bonds is 4. The van der Waals surface area contributed by atoms with E-state index >= 15 is 0 Å². The van der Waals surface area contributed by atoms with Crippen LogP contribution in [0.4, 0.5) is 0 Å². The molecule has 1 atom stereocenters. The minimum atomic E-state index is -0.192. The summed E-state index contributed by atoms with van der Waals surface area (Å²) < 4.78 is 5.27. The van der Waals surface area contributed by atoms with Crippen LogP contribution >= 0.6 is 0 Å². The van der Waals surface area contributed by atoms with Gasteiger partial charge in [0.2, 0.25) is 11.8 Å². The number of methoxy groups -OCH3 is 1. The highest BCUT2D eigenvalue weighted by Crippen LogP contribution is 2.31. The van der Waals surface area contributed by atoms with Gasteiger partial charge in [0.15, 0.2) is 0 Å². The highest BCUT2D eigenvalue weighted by Gasteiger charge is 2.35. The van der Waals surface area contributed by atoms with Gasteiger partial charge in [-0.1, -0.05) is 24.3 Å². The Hall–Kier alpha value is -2.56. The number of ether oxygens (including phenoxy) is 1. The molecule has 2 fully saturated rings. The molecule has 2 aromatic carbocycles. The van der Waals surface area contributed by atoms with Crippen molar-refractivity contribution >= 4 is 22.6 Å². The van der Waals surface area contributed by atoms with Crippen LogP contribution in [-0.4, -0.2) is 54.9 Å². The first-order valence-electron chi connectivity index (χ1n) is 9.72. The number of amides is 2. The van der Waals surface area contributed by atoms with Crippen LogP contribution in [0.3, 0.4) is 0 Å². The summed E-state index contributed by atoms with van der Waals surface area (Å²) in [7, 11) is 1.66. The lowest BCUT2D eigenvalue weighted by atomic mass is 9.96. The SMILES string of the molecule is COc1ccc2cc([C@@H](C)C(=O)N3CCN(C(=O)C4CC4)CC3)ccc2c1. The number of carbonyl (C=O) groups excluding carboxylic acids is 2. The lowest BCUT2D eigenvalue weighted by Gasteiger charge is -2.36. The van der Waals surface area contributed by atoms with Gasteiger partial charge in [-0.15, -0.1) is 0 Å². The van der Waals surface area contributed by atoms with Crippen molar-refractivity contribution in [2.75, 3.05) is 33.3 Å². The third-order valence-corrected chi connectivity index (χ3v) is 5.77. The molecule has 0 radical (unpaired) electrons. The van der Waals surface area contributed by atoms with Gasteiger partial charge in [0.05, 0.1) is 13.0 Å². The molecule has 2 amide bonds. The molecular formula is C22H26N2O3. The average Bonchev–Trinajstić information content (AvgIpc) is 3.57. The fraction of sp³-hybridized carbons (Fsp3) is 0.455. The second-order valence-electron chi connectivity index (χ2n) is 7.62. The maximum Gasteiger partial charge on any atom is 0.229 e. The third kappa shape index (κ3) is 3.64. The van der Waals surface area contributed by atoms with Crippen molar-refractivity contribution in [3.05, 3.63) is 42.0 Å². The molecule has 5 heteroatoms. The monoisotopic (exact) mass is 366 g/mol. The Balaban J connectivity index is 1.43. The predicted molar refractivity (Wildman–Crippen MR) is 105 cm³/mol.